The molecule has 8 nitrogen and oxygen atoms in total. The van der Waals surface area contributed by atoms with E-state index in [4.69, 9.17) is 14.8 Å². The van der Waals surface area contributed by atoms with E-state index in [0.717, 1.165) is 55.7 Å². The number of esters is 1. The normalized spacial score (nSPS) is 20.0. The lowest BCUT2D eigenvalue weighted by Crippen LogP contribution is -2.22. The zero-order valence-electron chi connectivity index (χ0n) is 27.0. The molecule has 4 bridgehead atoms. The maximum Gasteiger partial charge on any atom is 0.358 e. The third-order valence-corrected chi connectivity index (χ3v) is 11.1. The fourth-order valence-corrected chi connectivity index (χ4v) is 8.13. The molecule has 6 aliphatic rings. The van der Waals surface area contributed by atoms with E-state index in [0.29, 0.717) is 23.7 Å². The first-order valence-electron chi connectivity index (χ1n) is 15.9. The summed E-state index contributed by atoms with van der Waals surface area (Å²) in [5, 5.41) is 7.00. The molecule has 2 aromatic heterocycles. The minimum Gasteiger partial charge on any atom is -0.464 e. The van der Waals surface area contributed by atoms with Crippen molar-refractivity contribution in [2.24, 2.45) is 0 Å². The number of carbonyl (C=O) groups is 1. The zero-order valence-corrected chi connectivity index (χ0v) is 32.3. The van der Waals surface area contributed by atoms with E-state index in [1.807, 2.05) is 6.20 Å². The first kappa shape index (κ1) is 37.8. The van der Waals surface area contributed by atoms with Crippen LogP contribution < -0.4 is 0 Å². The highest BCUT2D eigenvalue weighted by atomic mass is 127. The smallest absolute Gasteiger partial charge is 0.358 e. The Labute approximate surface area is 309 Å². The Hall–Kier alpha value is -2.06. The van der Waals surface area contributed by atoms with Crippen molar-refractivity contribution in [3.8, 4) is 22.8 Å². The van der Waals surface area contributed by atoms with Crippen LogP contribution in [-0.4, -0.2) is 68.9 Å². The highest BCUT2D eigenvalue weighted by molar-refractivity contribution is 14.1. The van der Waals surface area contributed by atoms with E-state index < -0.39 is 0 Å². The number of aliphatic hydroxyl groups excluding tert-OH is 1. The van der Waals surface area contributed by atoms with Gasteiger partial charge in [-0.15, -0.1) is 0 Å². The summed E-state index contributed by atoms with van der Waals surface area (Å²) in [5.74, 6) is 3.01. The standard InChI is InChI=1S/C15H13BrN2O2.C13H10BrIN2.C6H15N.CH4O.CH4/c1-20-15(19)13-7-18-10-4-8(5-10)11-3-2-9(16)6-12(11)14(18)17-13;14-8-1-2-10-7-3-9(4-7)17-6-12(15)16-13(17)11(10)5-8;1-4-7(5-2)6-3;1-2;/h2-3,6-8,10H,4-5H2,1H3;1-2,5-7,9H,3-4H2;4-6H2,1-3H3;2H,1H3;1H4. The average Bonchev–Trinajstić information content (AvgIpc) is 3.51. The van der Waals surface area contributed by atoms with Gasteiger partial charge in [0.15, 0.2) is 5.69 Å². The minimum absolute atomic E-state index is 0. The van der Waals surface area contributed by atoms with Crippen molar-refractivity contribution in [3.05, 3.63) is 78.3 Å². The topological polar surface area (TPSA) is 85.4 Å². The summed E-state index contributed by atoms with van der Waals surface area (Å²) in [4.78, 5) is 23.3. The van der Waals surface area contributed by atoms with Crippen LogP contribution in [-0.2, 0) is 4.74 Å². The molecule has 2 fully saturated rings. The van der Waals surface area contributed by atoms with E-state index in [1.165, 1.54) is 56.3 Å². The molecule has 47 heavy (non-hydrogen) atoms. The largest absolute Gasteiger partial charge is 0.464 e. The minimum atomic E-state index is -0.377. The van der Waals surface area contributed by atoms with Crippen LogP contribution in [0.3, 0.4) is 0 Å². The number of methoxy groups -OCH3 is 1. The predicted molar refractivity (Wildman–Crippen MR) is 205 cm³/mol. The van der Waals surface area contributed by atoms with Gasteiger partial charge in [0, 0.05) is 51.7 Å². The van der Waals surface area contributed by atoms with Crippen LogP contribution in [0.2, 0.25) is 0 Å². The van der Waals surface area contributed by atoms with Gasteiger partial charge in [0.05, 0.1) is 7.11 Å². The van der Waals surface area contributed by atoms with Crippen molar-refractivity contribution in [2.75, 3.05) is 33.9 Å². The van der Waals surface area contributed by atoms with Crippen molar-refractivity contribution >= 4 is 60.4 Å². The third kappa shape index (κ3) is 7.74. The SMILES string of the molecule is Brc1ccc2c(c1)-c1nc(I)cn1C1CC2C1.C.CCN(CC)CC.CO.COC(=O)c1cn2c(n1)-c1cc(Br)ccc1C1CC2C1. The molecule has 0 spiro atoms. The molecule has 11 heteroatoms. The molecule has 1 N–H and O–H groups in total. The molecule has 0 unspecified atom stereocenters. The molecule has 2 aliphatic carbocycles. The van der Waals surface area contributed by atoms with Crippen LogP contribution >= 0.6 is 54.5 Å². The van der Waals surface area contributed by atoms with Gasteiger partial charge >= 0.3 is 5.97 Å². The third-order valence-electron chi connectivity index (χ3n) is 9.58. The Balaban J connectivity index is 0.000000169. The summed E-state index contributed by atoms with van der Waals surface area (Å²) in [6.45, 7) is 10.1. The number of hydrogen-bond acceptors (Lipinski definition) is 6. The number of benzene rings is 2. The number of carbonyl (C=O) groups excluding carboxylic acids is 1. The number of aromatic nitrogens is 4. The zero-order chi connectivity index (χ0) is 33.1. The fourth-order valence-electron chi connectivity index (χ4n) is 6.88. The lowest BCUT2D eigenvalue weighted by atomic mass is 9.76. The Bertz CT molecular complexity index is 1670. The summed E-state index contributed by atoms with van der Waals surface area (Å²) in [6.07, 6.45) is 8.81. The van der Waals surface area contributed by atoms with Gasteiger partial charge in [-0.2, -0.15) is 0 Å². The Morgan fingerprint density at radius 1 is 0.851 bits per heavy atom. The van der Waals surface area contributed by atoms with Crippen LogP contribution in [0.15, 0.2) is 57.7 Å². The maximum atomic E-state index is 11.7. The summed E-state index contributed by atoms with van der Waals surface area (Å²) in [5.41, 5.74) is 5.64. The molecule has 6 heterocycles. The number of imidazole rings is 2. The summed E-state index contributed by atoms with van der Waals surface area (Å²) >= 11 is 9.40. The number of aliphatic hydroxyl groups is 1. The van der Waals surface area contributed by atoms with Crippen LogP contribution in [0.5, 0.6) is 0 Å². The van der Waals surface area contributed by atoms with Gasteiger partial charge < -0.3 is 23.9 Å². The highest BCUT2D eigenvalue weighted by Crippen LogP contribution is 2.53. The molecule has 0 saturated heterocycles. The van der Waals surface area contributed by atoms with Crippen molar-refractivity contribution in [2.45, 2.75) is 77.8 Å². The summed E-state index contributed by atoms with van der Waals surface area (Å²) < 4.78 is 12.6. The van der Waals surface area contributed by atoms with Gasteiger partial charge in [0.1, 0.15) is 15.3 Å². The molecule has 0 amide bonds. The molecule has 0 radical (unpaired) electrons. The molecule has 2 saturated carbocycles. The average molecular weight is 884 g/mol. The highest BCUT2D eigenvalue weighted by Gasteiger charge is 2.40. The van der Waals surface area contributed by atoms with Gasteiger partial charge in [-0.25, -0.2) is 14.8 Å². The Kier molecular flexibility index (Phi) is 13.3. The number of ether oxygens (including phenoxy) is 1. The number of rotatable bonds is 4. The second kappa shape index (κ2) is 16.6. The van der Waals surface area contributed by atoms with Crippen LogP contribution in [0.1, 0.15) is 99.4 Å². The second-order valence-electron chi connectivity index (χ2n) is 11.9. The maximum absolute atomic E-state index is 11.7. The van der Waals surface area contributed by atoms with Crippen molar-refractivity contribution in [1.82, 2.24) is 24.0 Å². The van der Waals surface area contributed by atoms with E-state index in [-0.39, 0.29) is 13.4 Å². The Morgan fingerprint density at radius 3 is 1.72 bits per heavy atom. The second-order valence-corrected chi connectivity index (χ2v) is 14.8. The van der Waals surface area contributed by atoms with Crippen molar-refractivity contribution < 1.29 is 14.6 Å². The monoisotopic (exact) mass is 881 g/mol. The van der Waals surface area contributed by atoms with E-state index in [2.05, 4.69) is 137 Å². The summed E-state index contributed by atoms with van der Waals surface area (Å²) in [6, 6.07) is 14.1. The van der Waals surface area contributed by atoms with Gasteiger partial charge in [-0.05, 0) is 115 Å². The molecule has 2 aromatic carbocycles. The lowest BCUT2D eigenvalue weighted by Gasteiger charge is -2.34. The predicted octanol–water partition coefficient (Wildman–Crippen LogP) is 9.47. The van der Waals surface area contributed by atoms with Gasteiger partial charge in [0.2, 0.25) is 0 Å². The molecular weight excluding hydrogens is 837 g/mol. The number of halogens is 3. The Morgan fingerprint density at radius 2 is 1.30 bits per heavy atom. The van der Waals surface area contributed by atoms with Crippen molar-refractivity contribution in [1.29, 1.82) is 0 Å². The number of nitrogens with zero attached hydrogens (tertiary/aromatic N) is 5. The number of hydrogen-bond donors (Lipinski definition) is 1. The van der Waals surface area contributed by atoms with E-state index >= 15 is 0 Å². The van der Waals surface area contributed by atoms with Crippen molar-refractivity contribution in [3.63, 3.8) is 0 Å². The van der Waals surface area contributed by atoms with Gasteiger partial charge in [-0.1, -0.05) is 72.2 Å². The van der Waals surface area contributed by atoms with E-state index in [1.54, 1.807) is 0 Å². The van der Waals surface area contributed by atoms with Crippen LogP contribution in [0, 0.1) is 3.70 Å². The molecule has 254 valence electrons. The quantitative estimate of drug-likeness (QED) is 0.163. The molecule has 4 aromatic rings. The first-order chi connectivity index (χ1) is 22.2. The molecule has 0 atom stereocenters. The van der Waals surface area contributed by atoms with Gasteiger partial charge in [0.25, 0.3) is 0 Å². The lowest BCUT2D eigenvalue weighted by molar-refractivity contribution is 0.0594. The van der Waals surface area contributed by atoms with Gasteiger partial charge in [-0.3, -0.25) is 0 Å². The van der Waals surface area contributed by atoms with Crippen LogP contribution in [0.25, 0.3) is 22.8 Å². The summed E-state index contributed by atoms with van der Waals surface area (Å²) in [7, 11) is 2.39. The molecule has 4 aliphatic heterocycles. The fraction of sp³-hybridized carbons (Fsp3) is 0.472. The first-order valence-corrected chi connectivity index (χ1v) is 18.6. The van der Waals surface area contributed by atoms with E-state index in [9.17, 15) is 4.79 Å². The molecule has 10 rings (SSSR count). The van der Waals surface area contributed by atoms with Crippen LogP contribution in [0.4, 0.5) is 0 Å². The molecular formula is C36H46Br2IN5O3.